The Morgan fingerprint density at radius 1 is 0.929 bits per heavy atom. The molecule has 0 fully saturated rings. The third-order valence-corrected chi connectivity index (χ3v) is 1.57. The number of phenolic OH excluding ortho intramolecular Hbond substituents is 1. The van der Waals surface area contributed by atoms with Crippen LogP contribution in [-0.2, 0) is 0 Å². The van der Waals surface area contributed by atoms with E-state index in [1.807, 2.05) is 31.2 Å². The van der Waals surface area contributed by atoms with Gasteiger partial charge in [0.05, 0.1) is 0 Å². The van der Waals surface area contributed by atoms with E-state index in [-0.39, 0.29) is 0 Å². The molecule has 2 heteroatoms. The van der Waals surface area contributed by atoms with Gasteiger partial charge in [-0.05, 0) is 31.2 Å². The summed E-state index contributed by atoms with van der Waals surface area (Å²) < 4.78 is 0. The number of benzene rings is 1. The molecule has 2 rings (SSSR count). The molecular weight excluding hydrogens is 174 g/mol. The second-order valence-corrected chi connectivity index (χ2v) is 2.81. The molecule has 14 heavy (non-hydrogen) atoms. The number of aromatic hydroxyl groups is 1. The molecule has 2 nitrogen and oxygen atoms in total. The molecule has 0 aliphatic carbocycles. The molecule has 1 N–H and O–H groups in total. The molecule has 0 saturated heterocycles. The maximum Gasteiger partial charge on any atom is 0.115 e. The molecule has 1 aromatic heterocycles. The Bertz CT molecular complexity index is 308. The van der Waals surface area contributed by atoms with Crippen LogP contribution in [0.1, 0.15) is 5.69 Å². The summed E-state index contributed by atoms with van der Waals surface area (Å²) in [6.07, 6.45) is 1.79. The van der Waals surface area contributed by atoms with Crippen LogP contribution in [0.25, 0.3) is 0 Å². The van der Waals surface area contributed by atoms with Crippen LogP contribution in [0.2, 0.25) is 0 Å². The second-order valence-electron chi connectivity index (χ2n) is 2.81. The van der Waals surface area contributed by atoms with Crippen molar-refractivity contribution in [3.8, 4) is 5.75 Å². The van der Waals surface area contributed by atoms with Crippen molar-refractivity contribution in [3.05, 3.63) is 60.4 Å². The number of para-hydroxylation sites is 1. The lowest BCUT2D eigenvalue weighted by atomic mass is 10.3. The summed E-state index contributed by atoms with van der Waals surface area (Å²) in [5.41, 5.74) is 1.07. The SMILES string of the molecule is Cc1ccccn1.Oc1ccccc1. The molecule has 0 amide bonds. The molecule has 0 bridgehead atoms. The van der Waals surface area contributed by atoms with Gasteiger partial charge in [0.15, 0.2) is 0 Å². The van der Waals surface area contributed by atoms with E-state index in [1.54, 1.807) is 30.5 Å². The summed E-state index contributed by atoms with van der Waals surface area (Å²) in [4.78, 5) is 3.98. The molecule has 1 heterocycles. The lowest BCUT2D eigenvalue weighted by Crippen LogP contribution is -1.72. The van der Waals surface area contributed by atoms with Gasteiger partial charge in [-0.3, -0.25) is 4.98 Å². The minimum atomic E-state index is 0.322. The van der Waals surface area contributed by atoms with Crippen molar-refractivity contribution in [1.29, 1.82) is 0 Å². The van der Waals surface area contributed by atoms with Gasteiger partial charge in [-0.1, -0.05) is 24.3 Å². The van der Waals surface area contributed by atoms with E-state index in [0.29, 0.717) is 5.75 Å². The van der Waals surface area contributed by atoms with Crippen LogP contribution in [0.4, 0.5) is 0 Å². The minimum Gasteiger partial charge on any atom is -0.508 e. The third-order valence-electron chi connectivity index (χ3n) is 1.57. The van der Waals surface area contributed by atoms with Crippen LogP contribution in [0.5, 0.6) is 5.75 Å². The molecular formula is C12H13NO. The summed E-state index contributed by atoms with van der Waals surface area (Å²) in [6, 6.07) is 14.6. The number of hydrogen-bond donors (Lipinski definition) is 1. The van der Waals surface area contributed by atoms with Crippen LogP contribution in [0.3, 0.4) is 0 Å². The summed E-state index contributed by atoms with van der Waals surface area (Å²) >= 11 is 0. The number of aryl methyl sites for hydroxylation is 1. The zero-order valence-electron chi connectivity index (χ0n) is 8.09. The van der Waals surface area contributed by atoms with Gasteiger partial charge in [-0.2, -0.15) is 0 Å². The van der Waals surface area contributed by atoms with Crippen molar-refractivity contribution < 1.29 is 5.11 Å². The summed E-state index contributed by atoms with van der Waals surface area (Å²) in [5, 5.41) is 8.63. The van der Waals surface area contributed by atoms with E-state index >= 15 is 0 Å². The van der Waals surface area contributed by atoms with E-state index in [4.69, 9.17) is 5.11 Å². The Kier molecular flexibility index (Phi) is 4.21. The van der Waals surface area contributed by atoms with Crippen molar-refractivity contribution in [1.82, 2.24) is 4.98 Å². The number of aromatic nitrogens is 1. The van der Waals surface area contributed by atoms with Gasteiger partial charge in [0.2, 0.25) is 0 Å². The predicted octanol–water partition coefficient (Wildman–Crippen LogP) is 2.78. The van der Waals surface area contributed by atoms with Gasteiger partial charge >= 0.3 is 0 Å². The number of pyridine rings is 1. The van der Waals surface area contributed by atoms with E-state index in [2.05, 4.69) is 4.98 Å². The summed E-state index contributed by atoms with van der Waals surface area (Å²) in [6.45, 7) is 1.97. The van der Waals surface area contributed by atoms with Crippen LogP contribution >= 0.6 is 0 Å². The zero-order chi connectivity index (χ0) is 10.2. The first-order valence-electron chi connectivity index (χ1n) is 4.40. The number of nitrogens with zero attached hydrogens (tertiary/aromatic N) is 1. The Labute approximate surface area is 83.9 Å². The van der Waals surface area contributed by atoms with E-state index in [0.717, 1.165) is 5.69 Å². The fourth-order valence-corrected chi connectivity index (χ4v) is 0.876. The van der Waals surface area contributed by atoms with E-state index in [1.165, 1.54) is 0 Å². The maximum absolute atomic E-state index is 8.63. The summed E-state index contributed by atoms with van der Waals surface area (Å²) in [7, 11) is 0. The first-order chi connectivity index (χ1) is 6.79. The largest absolute Gasteiger partial charge is 0.508 e. The smallest absolute Gasteiger partial charge is 0.115 e. The molecule has 0 unspecified atom stereocenters. The number of phenols is 1. The fourth-order valence-electron chi connectivity index (χ4n) is 0.876. The third kappa shape index (κ3) is 4.26. The Hall–Kier alpha value is -1.83. The number of hydrogen-bond acceptors (Lipinski definition) is 2. The summed E-state index contributed by atoms with van der Waals surface area (Å²) in [5.74, 6) is 0.322. The zero-order valence-corrected chi connectivity index (χ0v) is 8.09. The Morgan fingerprint density at radius 3 is 1.86 bits per heavy atom. The van der Waals surface area contributed by atoms with Gasteiger partial charge in [0, 0.05) is 11.9 Å². The molecule has 0 atom stereocenters. The first kappa shape index (κ1) is 10.3. The highest BCUT2D eigenvalue weighted by atomic mass is 16.3. The molecule has 2 aromatic rings. The van der Waals surface area contributed by atoms with Crippen LogP contribution in [-0.4, -0.2) is 10.1 Å². The van der Waals surface area contributed by atoms with Gasteiger partial charge in [-0.15, -0.1) is 0 Å². The van der Waals surface area contributed by atoms with Crippen molar-refractivity contribution in [3.63, 3.8) is 0 Å². The van der Waals surface area contributed by atoms with E-state index in [9.17, 15) is 0 Å². The van der Waals surface area contributed by atoms with Gasteiger partial charge < -0.3 is 5.11 Å². The van der Waals surface area contributed by atoms with Gasteiger partial charge in [0.25, 0.3) is 0 Å². The second kappa shape index (κ2) is 5.75. The molecule has 0 aliphatic heterocycles. The molecule has 72 valence electrons. The maximum atomic E-state index is 8.63. The molecule has 0 aliphatic rings. The standard InChI is InChI=1S/C6H7N.C6H6O/c1-6-4-2-3-5-7-6;7-6-4-2-1-3-5-6/h2-5H,1H3;1-5,7H. The Morgan fingerprint density at radius 2 is 1.57 bits per heavy atom. The Balaban J connectivity index is 0.000000140. The predicted molar refractivity (Wildman–Crippen MR) is 57.1 cm³/mol. The van der Waals surface area contributed by atoms with Gasteiger partial charge in [-0.25, -0.2) is 0 Å². The average Bonchev–Trinajstić information content (AvgIpc) is 2.21. The molecule has 0 radical (unpaired) electrons. The fraction of sp³-hybridized carbons (Fsp3) is 0.0833. The lowest BCUT2D eigenvalue weighted by Gasteiger charge is -1.82. The van der Waals surface area contributed by atoms with Crippen molar-refractivity contribution in [2.45, 2.75) is 6.92 Å². The van der Waals surface area contributed by atoms with Crippen LogP contribution in [0.15, 0.2) is 54.7 Å². The lowest BCUT2D eigenvalue weighted by molar-refractivity contribution is 0.475. The normalized spacial score (nSPS) is 8.64. The molecule has 0 saturated carbocycles. The average molecular weight is 187 g/mol. The minimum absolute atomic E-state index is 0.322. The van der Waals surface area contributed by atoms with Crippen molar-refractivity contribution >= 4 is 0 Å². The van der Waals surface area contributed by atoms with Crippen LogP contribution in [0, 0.1) is 6.92 Å². The van der Waals surface area contributed by atoms with Crippen molar-refractivity contribution in [2.75, 3.05) is 0 Å². The first-order valence-corrected chi connectivity index (χ1v) is 4.40. The molecule has 1 aromatic carbocycles. The highest BCUT2D eigenvalue weighted by Crippen LogP contribution is 2.02. The quantitative estimate of drug-likeness (QED) is 0.688. The number of rotatable bonds is 0. The monoisotopic (exact) mass is 187 g/mol. The van der Waals surface area contributed by atoms with Gasteiger partial charge in [0.1, 0.15) is 5.75 Å². The highest BCUT2D eigenvalue weighted by Gasteiger charge is 1.75. The molecule has 0 spiro atoms. The van der Waals surface area contributed by atoms with E-state index < -0.39 is 0 Å². The topological polar surface area (TPSA) is 33.1 Å². The highest BCUT2D eigenvalue weighted by molar-refractivity contribution is 5.18. The van der Waals surface area contributed by atoms with Crippen molar-refractivity contribution in [2.24, 2.45) is 0 Å². The van der Waals surface area contributed by atoms with Crippen LogP contribution < -0.4 is 0 Å².